The van der Waals surface area contributed by atoms with Crippen molar-refractivity contribution < 1.29 is 4.79 Å². The minimum atomic E-state index is 0.182. The molecule has 0 unspecified atom stereocenters. The van der Waals surface area contributed by atoms with Gasteiger partial charge in [0.15, 0.2) is 0 Å². The highest BCUT2D eigenvalue weighted by Gasteiger charge is 2.29. The lowest BCUT2D eigenvalue weighted by Gasteiger charge is -2.29. The molecule has 98 valence electrons. The van der Waals surface area contributed by atoms with E-state index < -0.39 is 0 Å². The van der Waals surface area contributed by atoms with Crippen molar-refractivity contribution in [3.8, 4) is 0 Å². The Hall–Kier alpha value is -0.610. The summed E-state index contributed by atoms with van der Waals surface area (Å²) in [5.74, 6) is 1.59. The second kappa shape index (κ2) is 5.83. The average Bonchev–Trinajstić information content (AvgIpc) is 2.74. The van der Waals surface area contributed by atoms with Crippen molar-refractivity contribution >= 4 is 5.91 Å². The molecular formula is C13H25N3O. The van der Waals surface area contributed by atoms with Gasteiger partial charge in [0.1, 0.15) is 0 Å². The first kappa shape index (κ1) is 12.8. The largest absolute Gasteiger partial charge is 0.356 e. The number of nitrogens with zero attached hydrogens (tertiary/aromatic N) is 1. The van der Waals surface area contributed by atoms with E-state index in [-0.39, 0.29) is 11.8 Å². The zero-order valence-corrected chi connectivity index (χ0v) is 11.0. The first-order chi connectivity index (χ1) is 8.16. The Bertz CT molecular complexity index is 261. The van der Waals surface area contributed by atoms with Gasteiger partial charge in [-0.25, -0.2) is 0 Å². The Morgan fingerprint density at radius 2 is 2.06 bits per heavy atom. The van der Waals surface area contributed by atoms with Crippen LogP contribution in [0.15, 0.2) is 0 Å². The smallest absolute Gasteiger partial charge is 0.224 e. The topological polar surface area (TPSA) is 44.4 Å². The van der Waals surface area contributed by atoms with Gasteiger partial charge in [0.25, 0.3) is 0 Å². The zero-order chi connectivity index (χ0) is 12.3. The molecule has 4 nitrogen and oxygen atoms in total. The van der Waals surface area contributed by atoms with Crippen LogP contribution in [0, 0.1) is 17.8 Å². The van der Waals surface area contributed by atoms with E-state index >= 15 is 0 Å². The summed E-state index contributed by atoms with van der Waals surface area (Å²) >= 11 is 0. The maximum atomic E-state index is 12.0. The molecule has 4 heteroatoms. The van der Waals surface area contributed by atoms with Crippen LogP contribution in [0.3, 0.4) is 0 Å². The fourth-order valence-electron chi connectivity index (χ4n) is 2.80. The van der Waals surface area contributed by atoms with Crippen LogP contribution in [0.5, 0.6) is 0 Å². The Kier molecular flexibility index (Phi) is 4.40. The monoisotopic (exact) mass is 239 g/mol. The second-order valence-electron chi connectivity index (χ2n) is 5.73. The number of hydrogen-bond acceptors (Lipinski definition) is 3. The maximum absolute atomic E-state index is 12.0. The standard InChI is InChI=1S/C13H25N3O/c1-10-7-14-9-12(10)13(17)15-8-11-3-5-16(2)6-4-11/h10-12,14H,3-9H2,1-2H3,(H,15,17)/t10-,12-/m0/s1. The Morgan fingerprint density at radius 1 is 1.35 bits per heavy atom. The van der Waals surface area contributed by atoms with Crippen LogP contribution < -0.4 is 10.6 Å². The molecule has 2 aliphatic heterocycles. The summed E-state index contributed by atoms with van der Waals surface area (Å²) in [4.78, 5) is 14.4. The van der Waals surface area contributed by atoms with Crippen LogP contribution in [-0.4, -0.2) is 50.6 Å². The summed E-state index contributed by atoms with van der Waals surface area (Å²) in [6, 6.07) is 0. The highest BCUT2D eigenvalue weighted by molar-refractivity contribution is 5.79. The van der Waals surface area contributed by atoms with Crippen molar-refractivity contribution in [1.29, 1.82) is 0 Å². The van der Waals surface area contributed by atoms with Gasteiger partial charge in [0, 0.05) is 13.1 Å². The van der Waals surface area contributed by atoms with E-state index in [9.17, 15) is 4.79 Å². The summed E-state index contributed by atoms with van der Waals surface area (Å²) in [6.07, 6.45) is 2.44. The second-order valence-corrected chi connectivity index (χ2v) is 5.73. The molecule has 17 heavy (non-hydrogen) atoms. The first-order valence-electron chi connectivity index (χ1n) is 6.84. The van der Waals surface area contributed by atoms with Gasteiger partial charge in [-0.2, -0.15) is 0 Å². The van der Waals surface area contributed by atoms with E-state index in [0.29, 0.717) is 11.8 Å². The highest BCUT2D eigenvalue weighted by Crippen LogP contribution is 2.17. The predicted molar refractivity (Wildman–Crippen MR) is 68.8 cm³/mol. The van der Waals surface area contributed by atoms with Crippen LogP contribution >= 0.6 is 0 Å². The van der Waals surface area contributed by atoms with Crippen molar-refractivity contribution in [3.05, 3.63) is 0 Å². The summed E-state index contributed by atoms with van der Waals surface area (Å²) in [5, 5.41) is 6.42. The van der Waals surface area contributed by atoms with E-state index in [2.05, 4.69) is 29.5 Å². The Morgan fingerprint density at radius 3 is 2.65 bits per heavy atom. The van der Waals surface area contributed by atoms with Crippen molar-refractivity contribution in [2.24, 2.45) is 17.8 Å². The number of carbonyl (C=O) groups excluding carboxylic acids is 1. The third kappa shape index (κ3) is 3.42. The fraction of sp³-hybridized carbons (Fsp3) is 0.923. The van der Waals surface area contributed by atoms with Gasteiger partial charge < -0.3 is 15.5 Å². The van der Waals surface area contributed by atoms with E-state index in [1.807, 2.05) is 0 Å². The van der Waals surface area contributed by atoms with E-state index in [4.69, 9.17) is 0 Å². The van der Waals surface area contributed by atoms with Crippen molar-refractivity contribution in [2.75, 3.05) is 39.8 Å². The molecule has 2 atom stereocenters. The summed E-state index contributed by atoms with van der Waals surface area (Å²) in [6.45, 7) is 7.19. The van der Waals surface area contributed by atoms with Crippen molar-refractivity contribution in [3.63, 3.8) is 0 Å². The third-order valence-corrected chi connectivity index (χ3v) is 4.26. The molecule has 0 saturated carbocycles. The lowest BCUT2D eigenvalue weighted by atomic mass is 9.95. The molecule has 1 amide bonds. The minimum Gasteiger partial charge on any atom is -0.356 e. The van der Waals surface area contributed by atoms with Crippen LogP contribution in [0.1, 0.15) is 19.8 Å². The molecule has 0 aromatic rings. The molecule has 2 saturated heterocycles. The molecule has 2 rings (SSSR count). The highest BCUT2D eigenvalue weighted by atomic mass is 16.1. The zero-order valence-electron chi connectivity index (χ0n) is 11.0. The number of nitrogens with one attached hydrogen (secondary N) is 2. The number of rotatable bonds is 3. The molecule has 2 N–H and O–H groups in total. The van der Waals surface area contributed by atoms with Crippen molar-refractivity contribution in [2.45, 2.75) is 19.8 Å². The van der Waals surface area contributed by atoms with Gasteiger partial charge in [0.05, 0.1) is 5.92 Å². The lowest BCUT2D eigenvalue weighted by Crippen LogP contribution is -2.40. The summed E-state index contributed by atoms with van der Waals surface area (Å²) in [7, 11) is 2.17. The number of hydrogen-bond donors (Lipinski definition) is 2. The molecule has 0 aromatic heterocycles. The lowest BCUT2D eigenvalue weighted by molar-refractivity contribution is -0.125. The van der Waals surface area contributed by atoms with Gasteiger partial charge in [-0.1, -0.05) is 6.92 Å². The predicted octanol–water partition coefficient (Wildman–Crippen LogP) is 0.300. The van der Waals surface area contributed by atoms with Crippen molar-refractivity contribution in [1.82, 2.24) is 15.5 Å². The summed E-state index contributed by atoms with van der Waals surface area (Å²) < 4.78 is 0. The third-order valence-electron chi connectivity index (χ3n) is 4.26. The number of piperidine rings is 1. The number of likely N-dealkylation sites (tertiary alicyclic amines) is 1. The van der Waals surface area contributed by atoms with Crippen LogP contribution in [0.4, 0.5) is 0 Å². The van der Waals surface area contributed by atoms with Gasteiger partial charge >= 0.3 is 0 Å². The van der Waals surface area contributed by atoms with Gasteiger partial charge in [-0.15, -0.1) is 0 Å². The fourth-order valence-corrected chi connectivity index (χ4v) is 2.80. The molecular weight excluding hydrogens is 214 g/mol. The van der Waals surface area contributed by atoms with E-state index in [0.717, 1.165) is 19.6 Å². The number of carbonyl (C=O) groups is 1. The van der Waals surface area contributed by atoms with Gasteiger partial charge in [-0.3, -0.25) is 4.79 Å². The van der Waals surface area contributed by atoms with Gasteiger partial charge in [-0.05, 0) is 51.4 Å². The molecule has 0 bridgehead atoms. The minimum absolute atomic E-state index is 0.182. The van der Waals surface area contributed by atoms with E-state index in [1.165, 1.54) is 25.9 Å². The Balaban J connectivity index is 1.69. The maximum Gasteiger partial charge on any atom is 0.224 e. The molecule has 2 heterocycles. The molecule has 0 aromatic carbocycles. The first-order valence-corrected chi connectivity index (χ1v) is 6.84. The number of amides is 1. The molecule has 2 aliphatic rings. The normalized spacial score (nSPS) is 31.6. The van der Waals surface area contributed by atoms with E-state index in [1.54, 1.807) is 0 Å². The SMILES string of the molecule is C[C@H]1CNC[C@@H]1C(=O)NCC1CCN(C)CC1. The summed E-state index contributed by atoms with van der Waals surface area (Å²) in [5.41, 5.74) is 0. The molecule has 2 fully saturated rings. The van der Waals surface area contributed by atoms with Crippen LogP contribution in [-0.2, 0) is 4.79 Å². The quantitative estimate of drug-likeness (QED) is 0.744. The molecule has 0 aliphatic carbocycles. The molecule has 0 spiro atoms. The Labute approximate surface area is 104 Å². The van der Waals surface area contributed by atoms with Gasteiger partial charge in [0.2, 0.25) is 5.91 Å². The average molecular weight is 239 g/mol. The molecule has 0 radical (unpaired) electrons. The van der Waals surface area contributed by atoms with Crippen LogP contribution in [0.25, 0.3) is 0 Å². The van der Waals surface area contributed by atoms with Crippen LogP contribution in [0.2, 0.25) is 0 Å².